The van der Waals surface area contributed by atoms with Crippen molar-refractivity contribution < 1.29 is 9.90 Å². The molecule has 0 aromatic heterocycles. The van der Waals surface area contributed by atoms with E-state index in [0.717, 1.165) is 38.6 Å². The van der Waals surface area contributed by atoms with Crippen LogP contribution in [-0.4, -0.2) is 24.2 Å². The average molecular weight is 199 g/mol. The highest BCUT2D eigenvalue weighted by Gasteiger charge is 2.21. The average Bonchev–Trinajstić information content (AvgIpc) is 2.70. The first-order valence-corrected chi connectivity index (χ1v) is 5.73. The van der Waals surface area contributed by atoms with Crippen LogP contribution in [0.4, 0.5) is 0 Å². The summed E-state index contributed by atoms with van der Waals surface area (Å²) in [5.74, 6) is 0.527. The first-order chi connectivity index (χ1) is 6.84. The number of aliphatic hydroxyl groups is 1. The Labute approximate surface area is 85.9 Å². The molecule has 0 aliphatic heterocycles. The maximum absolute atomic E-state index is 11.5. The third kappa shape index (κ3) is 4.09. The van der Waals surface area contributed by atoms with Gasteiger partial charge in [0.2, 0.25) is 5.91 Å². The largest absolute Gasteiger partial charge is 0.396 e. The highest BCUT2D eigenvalue weighted by Crippen LogP contribution is 2.24. The third-order valence-corrected chi connectivity index (χ3v) is 2.86. The van der Waals surface area contributed by atoms with Gasteiger partial charge < -0.3 is 10.4 Å². The Morgan fingerprint density at radius 3 is 2.57 bits per heavy atom. The van der Waals surface area contributed by atoms with Gasteiger partial charge in [-0.3, -0.25) is 4.79 Å². The van der Waals surface area contributed by atoms with Crippen molar-refractivity contribution in [3.8, 4) is 0 Å². The number of rotatable bonds is 6. The van der Waals surface area contributed by atoms with Crippen LogP contribution in [0.5, 0.6) is 0 Å². The molecular formula is C11H21NO2. The number of carbonyl (C=O) groups excluding carboxylic acids is 1. The van der Waals surface area contributed by atoms with E-state index in [1.54, 1.807) is 0 Å². The quantitative estimate of drug-likeness (QED) is 0.636. The molecule has 0 saturated heterocycles. The Hall–Kier alpha value is -0.570. The summed E-state index contributed by atoms with van der Waals surface area (Å²) in [6.45, 7) is 1.03. The molecule has 1 aliphatic carbocycles. The molecule has 3 heteroatoms. The van der Waals surface area contributed by atoms with E-state index >= 15 is 0 Å². The van der Waals surface area contributed by atoms with E-state index in [-0.39, 0.29) is 18.4 Å². The van der Waals surface area contributed by atoms with Crippen LogP contribution >= 0.6 is 0 Å². The van der Waals surface area contributed by atoms with Crippen LogP contribution in [0.15, 0.2) is 0 Å². The van der Waals surface area contributed by atoms with E-state index in [0.29, 0.717) is 0 Å². The van der Waals surface area contributed by atoms with Crippen molar-refractivity contribution in [1.29, 1.82) is 0 Å². The molecule has 1 aliphatic rings. The number of carbonyl (C=O) groups is 1. The smallest absolute Gasteiger partial charge is 0.223 e. The molecule has 1 rings (SSSR count). The van der Waals surface area contributed by atoms with Gasteiger partial charge in [-0.15, -0.1) is 0 Å². The van der Waals surface area contributed by atoms with Crippen molar-refractivity contribution in [3.63, 3.8) is 0 Å². The molecule has 2 N–H and O–H groups in total. The van der Waals surface area contributed by atoms with Gasteiger partial charge >= 0.3 is 0 Å². The second-order valence-electron chi connectivity index (χ2n) is 4.06. The van der Waals surface area contributed by atoms with Crippen molar-refractivity contribution in [2.75, 3.05) is 13.2 Å². The maximum Gasteiger partial charge on any atom is 0.223 e. The fourth-order valence-corrected chi connectivity index (χ4v) is 1.96. The third-order valence-electron chi connectivity index (χ3n) is 2.86. The van der Waals surface area contributed by atoms with Gasteiger partial charge in [0.1, 0.15) is 0 Å². The van der Waals surface area contributed by atoms with Crippen LogP contribution in [-0.2, 0) is 4.79 Å². The zero-order valence-corrected chi connectivity index (χ0v) is 8.80. The summed E-state index contributed by atoms with van der Waals surface area (Å²) in [7, 11) is 0. The predicted octanol–water partition coefficient (Wildman–Crippen LogP) is 1.46. The van der Waals surface area contributed by atoms with Crippen molar-refractivity contribution in [2.24, 2.45) is 5.92 Å². The fraction of sp³-hybridized carbons (Fsp3) is 0.909. The number of hydrogen-bond acceptors (Lipinski definition) is 2. The maximum atomic E-state index is 11.5. The number of aliphatic hydroxyl groups excluding tert-OH is 1. The van der Waals surface area contributed by atoms with E-state index in [1.165, 1.54) is 12.8 Å². The molecule has 0 unspecified atom stereocenters. The standard InChI is InChI=1S/C11H21NO2/c13-9-5-1-4-8-12-11(14)10-6-2-3-7-10/h10,13H,1-9H2,(H,12,14). The highest BCUT2D eigenvalue weighted by atomic mass is 16.2. The minimum atomic E-state index is 0.242. The molecular weight excluding hydrogens is 178 g/mol. The van der Waals surface area contributed by atoms with E-state index in [1.807, 2.05) is 0 Å². The highest BCUT2D eigenvalue weighted by molar-refractivity contribution is 5.78. The summed E-state index contributed by atoms with van der Waals surface area (Å²) in [4.78, 5) is 11.5. The summed E-state index contributed by atoms with van der Waals surface area (Å²) in [6.07, 6.45) is 7.40. The van der Waals surface area contributed by atoms with Crippen LogP contribution in [0.3, 0.4) is 0 Å². The molecule has 1 fully saturated rings. The molecule has 14 heavy (non-hydrogen) atoms. The van der Waals surface area contributed by atoms with Gasteiger partial charge in [-0.1, -0.05) is 12.8 Å². The van der Waals surface area contributed by atoms with Crippen LogP contribution in [0.25, 0.3) is 0 Å². The Balaban J connectivity index is 1.97. The van der Waals surface area contributed by atoms with Gasteiger partial charge in [0.05, 0.1) is 0 Å². The Morgan fingerprint density at radius 1 is 1.21 bits per heavy atom. The molecule has 0 heterocycles. The Morgan fingerprint density at radius 2 is 1.93 bits per heavy atom. The Bertz CT molecular complexity index is 165. The lowest BCUT2D eigenvalue weighted by atomic mass is 10.1. The molecule has 0 aromatic rings. The molecule has 3 nitrogen and oxygen atoms in total. The molecule has 0 bridgehead atoms. The topological polar surface area (TPSA) is 49.3 Å². The monoisotopic (exact) mass is 199 g/mol. The number of nitrogens with one attached hydrogen (secondary N) is 1. The van der Waals surface area contributed by atoms with E-state index < -0.39 is 0 Å². The van der Waals surface area contributed by atoms with E-state index in [2.05, 4.69) is 5.32 Å². The lowest BCUT2D eigenvalue weighted by Gasteiger charge is -2.09. The van der Waals surface area contributed by atoms with Gasteiger partial charge in [-0.05, 0) is 32.1 Å². The molecule has 0 atom stereocenters. The molecule has 82 valence electrons. The molecule has 1 saturated carbocycles. The zero-order chi connectivity index (χ0) is 10.2. The van der Waals surface area contributed by atoms with Crippen molar-refractivity contribution in [3.05, 3.63) is 0 Å². The first-order valence-electron chi connectivity index (χ1n) is 5.73. The van der Waals surface area contributed by atoms with Gasteiger partial charge in [-0.2, -0.15) is 0 Å². The van der Waals surface area contributed by atoms with Gasteiger partial charge in [-0.25, -0.2) is 0 Å². The summed E-state index contributed by atoms with van der Waals surface area (Å²) in [5, 5.41) is 11.5. The summed E-state index contributed by atoms with van der Waals surface area (Å²) < 4.78 is 0. The fourth-order valence-electron chi connectivity index (χ4n) is 1.96. The van der Waals surface area contributed by atoms with Crippen molar-refractivity contribution in [2.45, 2.75) is 44.9 Å². The van der Waals surface area contributed by atoms with Gasteiger partial charge in [0, 0.05) is 19.1 Å². The van der Waals surface area contributed by atoms with Crippen LogP contribution in [0.2, 0.25) is 0 Å². The number of unbranched alkanes of at least 4 members (excludes halogenated alkanes) is 2. The first kappa shape index (κ1) is 11.5. The SMILES string of the molecule is O=C(NCCCCCO)C1CCCC1. The minimum Gasteiger partial charge on any atom is -0.396 e. The number of amides is 1. The molecule has 0 radical (unpaired) electrons. The number of hydrogen-bond donors (Lipinski definition) is 2. The molecule has 0 spiro atoms. The van der Waals surface area contributed by atoms with Crippen LogP contribution < -0.4 is 5.32 Å². The second-order valence-corrected chi connectivity index (χ2v) is 4.06. The Kier molecular flexibility index (Phi) is 5.60. The second kappa shape index (κ2) is 6.82. The summed E-state index contributed by atoms with van der Waals surface area (Å²) in [6, 6.07) is 0. The lowest BCUT2D eigenvalue weighted by Crippen LogP contribution is -2.30. The van der Waals surface area contributed by atoms with Crippen LogP contribution in [0.1, 0.15) is 44.9 Å². The predicted molar refractivity (Wildman–Crippen MR) is 55.9 cm³/mol. The van der Waals surface area contributed by atoms with Gasteiger partial charge in [0.25, 0.3) is 0 Å². The summed E-state index contributed by atoms with van der Waals surface area (Å²) >= 11 is 0. The lowest BCUT2D eigenvalue weighted by molar-refractivity contribution is -0.124. The van der Waals surface area contributed by atoms with Crippen molar-refractivity contribution in [1.82, 2.24) is 5.32 Å². The van der Waals surface area contributed by atoms with Crippen LogP contribution in [0, 0.1) is 5.92 Å². The summed E-state index contributed by atoms with van der Waals surface area (Å²) in [5.41, 5.74) is 0. The van der Waals surface area contributed by atoms with E-state index in [9.17, 15) is 4.79 Å². The molecule has 0 aromatic carbocycles. The van der Waals surface area contributed by atoms with E-state index in [4.69, 9.17) is 5.11 Å². The van der Waals surface area contributed by atoms with Crippen molar-refractivity contribution >= 4 is 5.91 Å². The normalized spacial score (nSPS) is 17.2. The molecule has 1 amide bonds. The zero-order valence-electron chi connectivity index (χ0n) is 8.80. The van der Waals surface area contributed by atoms with Gasteiger partial charge in [0.15, 0.2) is 0 Å². The minimum absolute atomic E-state index is 0.242.